The largest absolute Gasteiger partial charge is 0.453 e. The number of aromatic amines is 2. The molecule has 3 aromatic carbocycles. The number of alkyl carbamates (subject to hydrolysis) is 2. The normalized spacial score (nSPS) is 21.4. The van der Waals surface area contributed by atoms with Crippen LogP contribution in [0, 0.1) is 11.8 Å². The molecule has 0 bridgehead atoms. The van der Waals surface area contributed by atoms with Gasteiger partial charge >= 0.3 is 12.2 Å². The van der Waals surface area contributed by atoms with Gasteiger partial charge in [-0.3, -0.25) is 9.59 Å². The molecule has 1 spiro atoms. The first-order valence-electron chi connectivity index (χ1n) is 21.4. The van der Waals surface area contributed by atoms with Gasteiger partial charge in [-0.05, 0) is 72.6 Å². The Balaban J connectivity index is 1.01. The van der Waals surface area contributed by atoms with E-state index in [0.29, 0.717) is 31.9 Å². The van der Waals surface area contributed by atoms with Crippen LogP contribution < -0.4 is 10.6 Å². The molecule has 3 aliphatic heterocycles. The average molecular weight is 833 g/mol. The summed E-state index contributed by atoms with van der Waals surface area (Å²) in [5.41, 5.74) is 5.11. The summed E-state index contributed by atoms with van der Waals surface area (Å²) in [5, 5.41) is 7.55. The molecule has 5 aromatic rings. The highest BCUT2D eigenvalue weighted by molar-refractivity contribution is 6.05. The van der Waals surface area contributed by atoms with Crippen LogP contribution in [0.4, 0.5) is 9.59 Å². The molecule has 3 saturated heterocycles. The van der Waals surface area contributed by atoms with Crippen molar-refractivity contribution in [2.75, 3.05) is 33.9 Å². The summed E-state index contributed by atoms with van der Waals surface area (Å²) in [7, 11) is 2.59. The lowest BCUT2D eigenvalue weighted by Gasteiger charge is -2.34. The minimum atomic E-state index is -0.754. The van der Waals surface area contributed by atoms with Crippen LogP contribution in [0.5, 0.6) is 0 Å². The lowest BCUT2D eigenvalue weighted by molar-refractivity contribution is -0.137. The Kier molecular flexibility index (Phi) is 11.8. The summed E-state index contributed by atoms with van der Waals surface area (Å²) in [6, 6.07) is 16.7. The number of benzene rings is 3. The highest BCUT2D eigenvalue weighted by Crippen LogP contribution is 2.44. The summed E-state index contributed by atoms with van der Waals surface area (Å²) in [4.78, 5) is 72.7. The Morgan fingerprint density at radius 2 is 1.46 bits per heavy atom. The Morgan fingerprint density at radius 3 is 2.11 bits per heavy atom. The molecule has 5 heterocycles. The van der Waals surface area contributed by atoms with Gasteiger partial charge < -0.3 is 44.6 Å². The topological polar surface area (TPSA) is 184 Å². The maximum Gasteiger partial charge on any atom is 0.407 e. The summed E-state index contributed by atoms with van der Waals surface area (Å²) < 4.78 is 16.0. The zero-order valence-corrected chi connectivity index (χ0v) is 35.7. The van der Waals surface area contributed by atoms with Gasteiger partial charge in [-0.15, -0.1) is 0 Å². The third kappa shape index (κ3) is 8.27. The molecule has 4 N–H and O–H groups in total. The number of nitrogens with zero attached hydrogens (tertiary/aromatic N) is 4. The van der Waals surface area contributed by atoms with E-state index in [4.69, 9.17) is 24.2 Å². The monoisotopic (exact) mass is 832 g/mol. The third-order valence-corrected chi connectivity index (χ3v) is 12.7. The zero-order valence-electron chi connectivity index (χ0n) is 35.7. The maximum atomic E-state index is 14.1. The molecule has 15 nitrogen and oxygen atoms in total. The fraction of sp³-hybridized carbons (Fsp3) is 0.478. The Labute approximate surface area is 355 Å². The molecular formula is C46H56N8O7. The van der Waals surface area contributed by atoms with Gasteiger partial charge in [-0.25, -0.2) is 19.6 Å². The van der Waals surface area contributed by atoms with Crippen LogP contribution in [0.3, 0.4) is 0 Å². The summed E-state index contributed by atoms with van der Waals surface area (Å²) in [6.45, 7) is 9.31. The zero-order chi connectivity index (χ0) is 43.0. The van der Waals surface area contributed by atoms with E-state index in [2.05, 4.69) is 69.1 Å². The fourth-order valence-electron chi connectivity index (χ4n) is 9.34. The van der Waals surface area contributed by atoms with Gasteiger partial charge in [-0.1, -0.05) is 70.2 Å². The number of fused-ring (bicyclic) bond motifs is 3. The van der Waals surface area contributed by atoms with E-state index in [9.17, 15) is 19.2 Å². The molecule has 0 saturated carbocycles. The molecule has 5 atom stereocenters. The number of nitrogens with one attached hydrogen (secondary N) is 4. The molecule has 2 unspecified atom stereocenters. The van der Waals surface area contributed by atoms with Crippen molar-refractivity contribution in [1.82, 2.24) is 40.4 Å². The highest BCUT2D eigenvalue weighted by atomic mass is 16.5. The van der Waals surface area contributed by atoms with Crippen molar-refractivity contribution in [2.24, 2.45) is 11.8 Å². The molecule has 3 fully saturated rings. The predicted molar refractivity (Wildman–Crippen MR) is 230 cm³/mol. The number of aromatic nitrogens is 4. The van der Waals surface area contributed by atoms with Gasteiger partial charge in [-0.2, -0.15) is 0 Å². The van der Waals surface area contributed by atoms with Crippen LogP contribution in [0.25, 0.3) is 44.2 Å². The second-order valence-electron chi connectivity index (χ2n) is 17.3. The van der Waals surface area contributed by atoms with Gasteiger partial charge in [0.2, 0.25) is 11.8 Å². The highest BCUT2D eigenvalue weighted by Gasteiger charge is 2.50. The van der Waals surface area contributed by atoms with E-state index in [1.807, 2.05) is 49.8 Å². The number of carbonyl (C=O) groups excluding carboxylic acids is 4. The summed E-state index contributed by atoms with van der Waals surface area (Å²) in [5.74, 6) is 0.830. The minimum Gasteiger partial charge on any atom is -0.453 e. The fourth-order valence-corrected chi connectivity index (χ4v) is 9.34. The molecule has 0 radical (unpaired) electrons. The number of imidazole rings is 2. The Bertz CT molecular complexity index is 2420. The van der Waals surface area contributed by atoms with Crippen molar-refractivity contribution in [3.8, 4) is 22.4 Å². The first kappa shape index (κ1) is 41.8. The minimum absolute atomic E-state index is 0.115. The first-order chi connectivity index (χ1) is 29.4. The molecule has 61 heavy (non-hydrogen) atoms. The van der Waals surface area contributed by atoms with E-state index >= 15 is 0 Å². The van der Waals surface area contributed by atoms with Crippen LogP contribution in [0.15, 0.2) is 60.8 Å². The molecule has 322 valence electrons. The summed E-state index contributed by atoms with van der Waals surface area (Å²) >= 11 is 0. The van der Waals surface area contributed by atoms with Crippen molar-refractivity contribution in [2.45, 2.75) is 96.0 Å². The Morgan fingerprint density at radius 1 is 0.787 bits per heavy atom. The van der Waals surface area contributed by atoms with Crippen LogP contribution in [-0.2, 0) is 23.8 Å². The average Bonchev–Trinajstić information content (AvgIpc) is 4.10. The Hall–Kier alpha value is -5.96. The molecule has 3 aliphatic rings. The number of ether oxygens (including phenoxy) is 3. The van der Waals surface area contributed by atoms with Crippen LogP contribution in [0.1, 0.15) is 90.0 Å². The molecule has 4 amide bonds. The number of carbonyl (C=O) groups is 4. The molecule has 2 aromatic heterocycles. The molecule has 8 rings (SSSR count). The number of likely N-dealkylation sites (tertiary alicyclic amines) is 2. The number of H-pyrrole nitrogens is 2. The standard InChI is InChI=1S/C46H56N8O7/c1-26(2)37(51-44(57)59-5)42(55)53-20-9-10-35(53)41-48-33-18-16-31-22-30(15-17-32(31)39(33)50-41)28-11-13-29(14-12-28)34-24-47-40(49-34)36-23-46(19-7-8-21-61-46)25-54(36)43(56)38(27(3)4)52-45(58)60-6/h11-18,22,24,26-27,35-38H,7-10,19-21,23,25H2,1-6H3,(H,47,49)(H,48,50)(H,51,57)(H,52,58)/t35-,36-,37?,38?,46-/m0/s1. The van der Waals surface area contributed by atoms with Gasteiger partial charge in [0, 0.05) is 36.7 Å². The molecular weight excluding hydrogens is 777 g/mol. The predicted octanol–water partition coefficient (Wildman–Crippen LogP) is 7.41. The van der Waals surface area contributed by atoms with Crippen LogP contribution >= 0.6 is 0 Å². The SMILES string of the molecule is COC(=O)NC(C(=O)N1C[C@]2(CCCCO2)C[C@H]1c1nc(-c2ccc(-c3ccc4c(ccc5nc([C@@H]6CCCN6C(=O)C(NC(=O)OC)C(C)C)[nH]c54)c3)cc2)c[nH]1)C(C)C. The van der Waals surface area contributed by atoms with E-state index in [1.54, 1.807) is 0 Å². The number of hydrogen-bond donors (Lipinski definition) is 4. The van der Waals surface area contributed by atoms with Crippen molar-refractivity contribution in [1.29, 1.82) is 0 Å². The van der Waals surface area contributed by atoms with Gasteiger partial charge in [0.05, 0.1) is 55.2 Å². The van der Waals surface area contributed by atoms with Crippen LogP contribution in [0.2, 0.25) is 0 Å². The van der Waals surface area contributed by atoms with Crippen molar-refractivity contribution in [3.05, 3.63) is 72.4 Å². The lowest BCUT2D eigenvalue weighted by Crippen LogP contribution is -2.52. The molecule has 0 aliphatic carbocycles. The second-order valence-corrected chi connectivity index (χ2v) is 17.3. The second kappa shape index (κ2) is 17.2. The van der Waals surface area contributed by atoms with E-state index in [0.717, 1.165) is 82.1 Å². The lowest BCUT2D eigenvalue weighted by atomic mass is 9.91. The number of methoxy groups -OCH3 is 2. The van der Waals surface area contributed by atoms with Crippen molar-refractivity contribution >= 4 is 45.8 Å². The first-order valence-corrected chi connectivity index (χ1v) is 21.4. The van der Waals surface area contributed by atoms with Gasteiger partial charge in [0.15, 0.2) is 0 Å². The smallest absolute Gasteiger partial charge is 0.407 e. The maximum absolute atomic E-state index is 14.1. The van der Waals surface area contributed by atoms with Crippen LogP contribution in [-0.4, -0.2) is 105 Å². The molecule has 15 heteroatoms. The van der Waals surface area contributed by atoms with E-state index in [-0.39, 0.29) is 35.7 Å². The van der Waals surface area contributed by atoms with E-state index < -0.39 is 29.9 Å². The van der Waals surface area contributed by atoms with Gasteiger partial charge in [0.25, 0.3) is 0 Å². The quantitative estimate of drug-likeness (QED) is 0.111. The van der Waals surface area contributed by atoms with Gasteiger partial charge in [0.1, 0.15) is 23.7 Å². The van der Waals surface area contributed by atoms with Crippen molar-refractivity contribution in [3.63, 3.8) is 0 Å². The number of rotatable bonds is 10. The van der Waals surface area contributed by atoms with Crippen molar-refractivity contribution < 1.29 is 33.4 Å². The third-order valence-electron chi connectivity index (χ3n) is 12.7. The number of amides is 4. The number of hydrogen-bond acceptors (Lipinski definition) is 9. The van der Waals surface area contributed by atoms with E-state index in [1.165, 1.54) is 14.2 Å². The summed E-state index contributed by atoms with van der Waals surface area (Å²) in [6.07, 6.45) is 5.75.